The number of Topliss-reactive ketones (excluding diaryl/α,β-unsaturated/α-hetero) is 1. The molecule has 4 bridgehead atoms. The summed E-state index contributed by atoms with van der Waals surface area (Å²) < 4.78 is 11.3. The molecule has 6 fully saturated rings. The van der Waals surface area contributed by atoms with E-state index in [9.17, 15) is 24.9 Å². The van der Waals surface area contributed by atoms with Gasteiger partial charge in [0, 0.05) is 29.6 Å². The Morgan fingerprint density at radius 3 is 2.72 bits per heavy atom. The SMILES string of the molecule is C=C1C(=O)C23CC1CC(O)C2C12CCCC(C)(COC(C)=O)C1C(O)C3(O)OC2. The summed E-state index contributed by atoms with van der Waals surface area (Å²) in [7, 11) is 0. The van der Waals surface area contributed by atoms with Crippen molar-refractivity contribution in [1.82, 2.24) is 0 Å². The van der Waals surface area contributed by atoms with Crippen molar-refractivity contribution in [3.63, 3.8) is 0 Å². The molecule has 0 amide bonds. The zero-order valence-corrected chi connectivity index (χ0v) is 17.0. The molecule has 2 saturated heterocycles. The first kappa shape index (κ1) is 19.7. The van der Waals surface area contributed by atoms with Gasteiger partial charge in [0.1, 0.15) is 6.10 Å². The standard InChI is InChI=1S/C22H30O7/c1-11-13-7-14(24)15-20-6-4-5-19(3,9-28-12(2)23)16(20)18(26)22(27,29-10-20)21(15,8-13)17(11)25/h13-16,18,24,26-27H,1,4-10H2,2-3H3. The van der Waals surface area contributed by atoms with Gasteiger partial charge in [0.25, 0.3) is 0 Å². The lowest BCUT2D eigenvalue weighted by Crippen LogP contribution is -2.83. The zero-order valence-electron chi connectivity index (χ0n) is 17.0. The first-order valence-corrected chi connectivity index (χ1v) is 10.6. The Labute approximate surface area is 170 Å². The van der Waals surface area contributed by atoms with Crippen molar-refractivity contribution in [3.8, 4) is 0 Å². The van der Waals surface area contributed by atoms with Gasteiger partial charge < -0.3 is 24.8 Å². The van der Waals surface area contributed by atoms with Gasteiger partial charge in [-0.05, 0) is 37.2 Å². The van der Waals surface area contributed by atoms with Crippen LogP contribution in [0, 0.1) is 34.0 Å². The van der Waals surface area contributed by atoms with E-state index < -0.39 is 52.0 Å². The van der Waals surface area contributed by atoms with E-state index in [0.29, 0.717) is 24.8 Å². The molecule has 0 aromatic rings. The largest absolute Gasteiger partial charge is 0.465 e. The lowest BCUT2D eigenvalue weighted by Gasteiger charge is -2.74. The monoisotopic (exact) mass is 406 g/mol. The number of ether oxygens (including phenoxy) is 2. The minimum Gasteiger partial charge on any atom is -0.465 e. The smallest absolute Gasteiger partial charge is 0.302 e. The summed E-state index contributed by atoms with van der Waals surface area (Å²) in [6.07, 6.45) is 0.925. The molecular formula is C22H30O7. The fraction of sp³-hybridized carbons (Fsp3) is 0.818. The van der Waals surface area contributed by atoms with E-state index in [4.69, 9.17) is 9.47 Å². The van der Waals surface area contributed by atoms with Crippen LogP contribution in [-0.4, -0.2) is 58.3 Å². The molecule has 0 aromatic carbocycles. The molecule has 2 spiro atoms. The van der Waals surface area contributed by atoms with Crippen LogP contribution < -0.4 is 0 Å². The van der Waals surface area contributed by atoms with Crippen molar-refractivity contribution in [2.45, 2.75) is 63.9 Å². The second-order valence-electron chi connectivity index (χ2n) is 10.4. The number of rotatable bonds is 2. The molecule has 2 aliphatic heterocycles. The second-order valence-corrected chi connectivity index (χ2v) is 10.4. The lowest BCUT2D eigenvalue weighted by atomic mass is 9.36. The van der Waals surface area contributed by atoms with Crippen LogP contribution in [0.3, 0.4) is 0 Å². The van der Waals surface area contributed by atoms with Crippen molar-refractivity contribution in [3.05, 3.63) is 12.2 Å². The molecule has 0 aromatic heterocycles. The molecule has 160 valence electrons. The molecule has 9 unspecified atom stereocenters. The summed E-state index contributed by atoms with van der Waals surface area (Å²) >= 11 is 0. The topological polar surface area (TPSA) is 113 Å². The Morgan fingerprint density at radius 2 is 2.03 bits per heavy atom. The van der Waals surface area contributed by atoms with Gasteiger partial charge in [-0.15, -0.1) is 0 Å². The highest BCUT2D eigenvalue weighted by Crippen LogP contribution is 2.76. The first-order chi connectivity index (χ1) is 13.5. The molecule has 4 saturated carbocycles. The van der Waals surface area contributed by atoms with Crippen LogP contribution in [0.4, 0.5) is 0 Å². The second kappa shape index (κ2) is 5.69. The third-order valence-electron chi connectivity index (χ3n) is 9.10. The Bertz CT molecular complexity index is 809. The Hall–Kier alpha value is -1.28. The molecule has 6 aliphatic rings. The summed E-state index contributed by atoms with van der Waals surface area (Å²) in [5.41, 5.74) is -2.19. The molecule has 29 heavy (non-hydrogen) atoms. The van der Waals surface area contributed by atoms with E-state index >= 15 is 0 Å². The fourth-order valence-corrected chi connectivity index (χ4v) is 8.23. The van der Waals surface area contributed by atoms with Crippen LogP contribution in [0.15, 0.2) is 12.2 Å². The summed E-state index contributed by atoms with van der Waals surface area (Å²) in [5, 5.41) is 34.5. The summed E-state index contributed by atoms with van der Waals surface area (Å²) in [6.45, 7) is 7.57. The Kier molecular flexibility index (Phi) is 3.86. The summed E-state index contributed by atoms with van der Waals surface area (Å²) in [4.78, 5) is 24.9. The van der Waals surface area contributed by atoms with Crippen LogP contribution in [0.1, 0.15) is 46.0 Å². The Morgan fingerprint density at radius 1 is 1.31 bits per heavy atom. The molecule has 3 N–H and O–H groups in total. The summed E-state index contributed by atoms with van der Waals surface area (Å²) in [5.74, 6) is -3.90. The highest BCUT2D eigenvalue weighted by molar-refractivity contribution is 6.04. The number of aliphatic hydroxyl groups is 3. The number of aliphatic hydroxyl groups excluding tert-OH is 2. The van der Waals surface area contributed by atoms with E-state index in [1.54, 1.807) is 0 Å². The highest BCUT2D eigenvalue weighted by atomic mass is 16.6. The maximum absolute atomic E-state index is 13.4. The molecule has 0 radical (unpaired) electrons. The van der Waals surface area contributed by atoms with Crippen LogP contribution in [0.25, 0.3) is 0 Å². The van der Waals surface area contributed by atoms with Gasteiger partial charge in [0.05, 0.1) is 24.7 Å². The van der Waals surface area contributed by atoms with Crippen LogP contribution in [-0.2, 0) is 19.1 Å². The van der Waals surface area contributed by atoms with Gasteiger partial charge in [0.2, 0.25) is 5.79 Å². The van der Waals surface area contributed by atoms with Gasteiger partial charge >= 0.3 is 5.97 Å². The van der Waals surface area contributed by atoms with Gasteiger partial charge in [-0.3, -0.25) is 9.59 Å². The highest BCUT2D eigenvalue weighted by Gasteiger charge is 2.84. The van der Waals surface area contributed by atoms with Crippen LogP contribution in [0.2, 0.25) is 0 Å². The lowest BCUT2D eigenvalue weighted by molar-refractivity contribution is -0.446. The molecule has 2 heterocycles. The number of fused-ring (bicyclic) bond motifs is 2. The predicted molar refractivity (Wildman–Crippen MR) is 100 cm³/mol. The minimum atomic E-state index is -2.07. The van der Waals surface area contributed by atoms with Crippen LogP contribution >= 0.6 is 0 Å². The fourth-order valence-electron chi connectivity index (χ4n) is 8.23. The van der Waals surface area contributed by atoms with Gasteiger partial charge in [-0.1, -0.05) is 19.9 Å². The quantitative estimate of drug-likeness (QED) is 0.462. The van der Waals surface area contributed by atoms with Crippen molar-refractivity contribution in [1.29, 1.82) is 0 Å². The van der Waals surface area contributed by atoms with Crippen LogP contribution in [0.5, 0.6) is 0 Å². The maximum Gasteiger partial charge on any atom is 0.302 e. The maximum atomic E-state index is 13.4. The molecular weight excluding hydrogens is 376 g/mol. The minimum absolute atomic E-state index is 0.126. The Balaban J connectivity index is 1.68. The third-order valence-corrected chi connectivity index (χ3v) is 9.10. The van der Waals surface area contributed by atoms with E-state index in [0.717, 1.165) is 12.8 Å². The van der Waals surface area contributed by atoms with E-state index in [2.05, 4.69) is 6.58 Å². The number of ketones is 1. The van der Waals surface area contributed by atoms with Gasteiger partial charge in [0.15, 0.2) is 5.78 Å². The normalized spacial score (nSPS) is 55.4. The average molecular weight is 406 g/mol. The van der Waals surface area contributed by atoms with E-state index in [1.165, 1.54) is 6.92 Å². The molecule has 9 atom stereocenters. The molecule has 7 nitrogen and oxygen atoms in total. The number of carbonyl (C=O) groups excluding carboxylic acids is 2. The number of hydrogen-bond acceptors (Lipinski definition) is 7. The number of allylic oxidation sites excluding steroid dienone is 1. The van der Waals surface area contributed by atoms with E-state index in [-0.39, 0.29) is 24.9 Å². The van der Waals surface area contributed by atoms with E-state index in [1.807, 2.05) is 6.92 Å². The number of esters is 1. The van der Waals surface area contributed by atoms with Gasteiger partial charge in [-0.2, -0.15) is 0 Å². The third kappa shape index (κ3) is 2.03. The van der Waals surface area contributed by atoms with Crippen molar-refractivity contribution in [2.24, 2.45) is 34.0 Å². The predicted octanol–water partition coefficient (Wildman–Crippen LogP) is 0.948. The zero-order chi connectivity index (χ0) is 21.0. The molecule has 7 heteroatoms. The number of carbonyl (C=O) groups is 2. The van der Waals surface area contributed by atoms with Crippen molar-refractivity contribution in [2.75, 3.05) is 13.2 Å². The number of hydrogen-bond donors (Lipinski definition) is 3. The van der Waals surface area contributed by atoms with Crippen molar-refractivity contribution >= 4 is 11.8 Å². The van der Waals surface area contributed by atoms with Gasteiger partial charge in [-0.25, -0.2) is 0 Å². The van der Waals surface area contributed by atoms with Crippen molar-refractivity contribution < 1.29 is 34.4 Å². The summed E-state index contributed by atoms with van der Waals surface area (Å²) in [6, 6.07) is 0. The molecule has 4 aliphatic carbocycles. The molecule has 6 rings (SSSR count). The average Bonchev–Trinajstić information content (AvgIpc) is 2.85. The first-order valence-electron chi connectivity index (χ1n) is 10.6.